The Morgan fingerprint density at radius 3 is 2.25 bits per heavy atom. The van der Waals surface area contributed by atoms with Crippen molar-refractivity contribution in [2.75, 3.05) is 20.2 Å². The first kappa shape index (κ1) is 17.2. The lowest BCUT2D eigenvalue weighted by atomic mass is 10.1. The van der Waals surface area contributed by atoms with Crippen LogP contribution in [-0.4, -0.2) is 38.8 Å². The van der Waals surface area contributed by atoms with Gasteiger partial charge in [-0.1, -0.05) is 12.1 Å². The minimum absolute atomic E-state index is 0. The maximum absolute atomic E-state index is 11.3. The zero-order valence-electron chi connectivity index (χ0n) is 11.5. The molecule has 0 aliphatic carbocycles. The third-order valence-corrected chi connectivity index (χ3v) is 4.97. The van der Waals surface area contributed by atoms with Crippen molar-refractivity contribution in [3.8, 4) is 5.75 Å². The normalized spacial score (nSPS) is 17.5. The Labute approximate surface area is 126 Å². The minimum atomic E-state index is -3.37. The summed E-state index contributed by atoms with van der Waals surface area (Å²) < 4.78 is 27.7. The second kappa shape index (κ2) is 7.26. The molecule has 114 valence electrons. The van der Waals surface area contributed by atoms with Crippen LogP contribution in [0.3, 0.4) is 0 Å². The van der Waals surface area contributed by atoms with E-state index in [0.717, 1.165) is 25.4 Å². The van der Waals surface area contributed by atoms with Gasteiger partial charge < -0.3 is 4.74 Å². The van der Waals surface area contributed by atoms with Gasteiger partial charge in [0.05, 0.1) is 12.4 Å². The number of ether oxygens (including phenoxy) is 1. The molecule has 0 atom stereocenters. The summed E-state index contributed by atoms with van der Waals surface area (Å²) in [5, 5.41) is 4.80. The highest BCUT2D eigenvalue weighted by Gasteiger charge is 2.26. The van der Waals surface area contributed by atoms with E-state index in [1.54, 1.807) is 7.11 Å². The number of piperidine rings is 1. The fraction of sp³-hybridized carbons (Fsp3) is 0.538. The summed E-state index contributed by atoms with van der Waals surface area (Å²) in [6.45, 7) is 2.38. The van der Waals surface area contributed by atoms with Crippen molar-refractivity contribution in [3.63, 3.8) is 0 Å². The SMILES string of the molecule is COc1ccc(CN2CCC(S(N)(=O)=O)CC2)cc1.Cl. The van der Waals surface area contributed by atoms with Gasteiger partial charge >= 0.3 is 0 Å². The first-order chi connectivity index (χ1) is 8.99. The van der Waals surface area contributed by atoms with Crippen LogP contribution in [-0.2, 0) is 16.6 Å². The van der Waals surface area contributed by atoms with E-state index in [0.29, 0.717) is 12.8 Å². The molecule has 1 heterocycles. The first-order valence-corrected chi connectivity index (χ1v) is 7.97. The topological polar surface area (TPSA) is 72.6 Å². The number of nitrogens with zero attached hydrogens (tertiary/aromatic N) is 1. The molecule has 1 aliphatic heterocycles. The number of sulfonamides is 1. The van der Waals surface area contributed by atoms with Crippen molar-refractivity contribution < 1.29 is 13.2 Å². The third-order valence-electron chi connectivity index (χ3n) is 3.56. The van der Waals surface area contributed by atoms with E-state index in [-0.39, 0.29) is 17.7 Å². The second-order valence-corrected chi connectivity index (χ2v) is 6.76. The Morgan fingerprint density at radius 1 is 1.25 bits per heavy atom. The monoisotopic (exact) mass is 320 g/mol. The maximum atomic E-state index is 11.3. The highest BCUT2D eigenvalue weighted by molar-refractivity contribution is 7.89. The number of hydrogen-bond donors (Lipinski definition) is 1. The Kier molecular flexibility index (Phi) is 6.26. The fourth-order valence-electron chi connectivity index (χ4n) is 2.39. The van der Waals surface area contributed by atoms with Gasteiger partial charge in [0.2, 0.25) is 10.0 Å². The molecule has 7 heteroatoms. The van der Waals surface area contributed by atoms with Gasteiger partial charge in [-0.25, -0.2) is 13.6 Å². The number of nitrogens with two attached hydrogens (primary N) is 1. The summed E-state index contributed by atoms with van der Waals surface area (Å²) in [6, 6.07) is 7.94. The third kappa shape index (κ3) is 4.63. The zero-order valence-corrected chi connectivity index (χ0v) is 13.1. The van der Waals surface area contributed by atoms with E-state index < -0.39 is 10.0 Å². The molecule has 0 bridgehead atoms. The van der Waals surface area contributed by atoms with Gasteiger partial charge in [0.25, 0.3) is 0 Å². The van der Waals surface area contributed by atoms with Crippen LogP contribution in [0.2, 0.25) is 0 Å². The first-order valence-electron chi connectivity index (χ1n) is 6.36. The van der Waals surface area contributed by atoms with Crippen LogP contribution in [0.5, 0.6) is 5.75 Å². The van der Waals surface area contributed by atoms with Gasteiger partial charge in [0.15, 0.2) is 0 Å². The van der Waals surface area contributed by atoms with Gasteiger partial charge in [0, 0.05) is 6.54 Å². The Hall–Kier alpha value is -0.820. The van der Waals surface area contributed by atoms with Crippen molar-refractivity contribution in [3.05, 3.63) is 29.8 Å². The van der Waals surface area contributed by atoms with Gasteiger partial charge in [-0.3, -0.25) is 4.90 Å². The van der Waals surface area contributed by atoms with Crippen molar-refractivity contribution in [1.82, 2.24) is 4.90 Å². The van der Waals surface area contributed by atoms with Gasteiger partial charge in [-0.2, -0.15) is 0 Å². The highest BCUT2D eigenvalue weighted by Crippen LogP contribution is 2.19. The summed E-state index contributed by atoms with van der Waals surface area (Å²) in [7, 11) is -1.73. The van der Waals surface area contributed by atoms with E-state index in [2.05, 4.69) is 4.90 Å². The van der Waals surface area contributed by atoms with E-state index >= 15 is 0 Å². The van der Waals surface area contributed by atoms with Crippen LogP contribution in [0, 0.1) is 0 Å². The smallest absolute Gasteiger partial charge is 0.212 e. The van der Waals surface area contributed by atoms with Crippen LogP contribution in [0.25, 0.3) is 0 Å². The van der Waals surface area contributed by atoms with Crippen molar-refractivity contribution >= 4 is 22.4 Å². The molecule has 1 aromatic carbocycles. The van der Waals surface area contributed by atoms with Gasteiger partial charge in [-0.15, -0.1) is 12.4 Å². The van der Waals surface area contributed by atoms with Crippen molar-refractivity contribution in [2.45, 2.75) is 24.6 Å². The van der Waals surface area contributed by atoms with E-state index in [1.807, 2.05) is 24.3 Å². The molecule has 2 N–H and O–H groups in total. The summed E-state index contributed by atoms with van der Waals surface area (Å²) in [5.74, 6) is 0.844. The molecule has 0 spiro atoms. The molecule has 0 radical (unpaired) electrons. The molecule has 20 heavy (non-hydrogen) atoms. The van der Waals surface area contributed by atoms with E-state index in [4.69, 9.17) is 9.88 Å². The molecule has 2 rings (SSSR count). The largest absolute Gasteiger partial charge is 0.497 e. The second-order valence-electron chi connectivity index (χ2n) is 4.91. The van der Waals surface area contributed by atoms with E-state index in [9.17, 15) is 8.42 Å². The molecule has 0 aromatic heterocycles. The lowest BCUT2D eigenvalue weighted by molar-refractivity contribution is 0.222. The van der Waals surface area contributed by atoms with Crippen LogP contribution >= 0.6 is 12.4 Å². The number of rotatable bonds is 4. The van der Waals surface area contributed by atoms with Gasteiger partial charge in [0.1, 0.15) is 5.75 Å². The molecule has 0 amide bonds. The number of hydrogen-bond acceptors (Lipinski definition) is 4. The van der Waals surface area contributed by atoms with Crippen molar-refractivity contribution in [1.29, 1.82) is 0 Å². The lowest BCUT2D eigenvalue weighted by Crippen LogP contribution is -2.41. The number of halogens is 1. The predicted octanol–water partition coefficient (Wildman–Crippen LogP) is 1.37. The summed E-state index contributed by atoms with van der Waals surface area (Å²) in [4.78, 5) is 2.25. The van der Waals surface area contributed by atoms with Gasteiger partial charge in [-0.05, 0) is 43.6 Å². The number of primary sulfonamides is 1. The Bertz CT molecular complexity index is 511. The Morgan fingerprint density at radius 2 is 1.80 bits per heavy atom. The quantitative estimate of drug-likeness (QED) is 0.909. The molecule has 1 saturated heterocycles. The molecule has 1 fully saturated rings. The van der Waals surface area contributed by atoms with Crippen molar-refractivity contribution in [2.24, 2.45) is 5.14 Å². The summed E-state index contributed by atoms with van der Waals surface area (Å²) in [6.07, 6.45) is 1.24. The Balaban J connectivity index is 0.00000200. The average molecular weight is 321 g/mol. The maximum Gasteiger partial charge on any atom is 0.212 e. The molecule has 0 saturated carbocycles. The molecule has 1 aliphatic rings. The summed E-state index contributed by atoms with van der Waals surface area (Å²) in [5.41, 5.74) is 1.20. The fourth-order valence-corrected chi connectivity index (χ4v) is 3.25. The number of methoxy groups -OCH3 is 1. The molecule has 5 nitrogen and oxygen atoms in total. The molecular formula is C13H21ClN2O3S. The van der Waals surface area contributed by atoms with Crippen LogP contribution < -0.4 is 9.88 Å². The number of benzene rings is 1. The number of likely N-dealkylation sites (tertiary alicyclic amines) is 1. The van der Waals surface area contributed by atoms with Crippen LogP contribution in [0.1, 0.15) is 18.4 Å². The van der Waals surface area contributed by atoms with E-state index in [1.165, 1.54) is 5.56 Å². The summed E-state index contributed by atoms with van der Waals surface area (Å²) >= 11 is 0. The molecule has 1 aromatic rings. The lowest BCUT2D eigenvalue weighted by Gasteiger charge is -2.30. The molecule has 0 unspecified atom stereocenters. The van der Waals surface area contributed by atoms with Crippen LogP contribution in [0.15, 0.2) is 24.3 Å². The van der Waals surface area contributed by atoms with Crippen LogP contribution in [0.4, 0.5) is 0 Å². The highest BCUT2D eigenvalue weighted by atomic mass is 35.5. The average Bonchev–Trinajstić information content (AvgIpc) is 2.39. The predicted molar refractivity (Wildman–Crippen MR) is 81.6 cm³/mol. The standard InChI is InChI=1S/C13H20N2O3S.ClH/c1-18-12-4-2-11(3-5-12)10-15-8-6-13(7-9-15)19(14,16)17;/h2-5,13H,6-10H2,1H3,(H2,14,16,17);1H. The minimum Gasteiger partial charge on any atom is -0.497 e. The zero-order chi connectivity index (χ0) is 13.9. The molecular weight excluding hydrogens is 300 g/mol.